The Morgan fingerprint density at radius 1 is 1.30 bits per heavy atom. The van der Waals surface area contributed by atoms with Crippen LogP contribution in [0.15, 0.2) is 17.0 Å². The van der Waals surface area contributed by atoms with Gasteiger partial charge in [0.15, 0.2) is 0 Å². The van der Waals surface area contributed by atoms with Crippen LogP contribution in [0.1, 0.15) is 40.2 Å². The number of nitro benzene ring substituents is 1. The van der Waals surface area contributed by atoms with E-state index >= 15 is 0 Å². The van der Waals surface area contributed by atoms with E-state index in [2.05, 4.69) is 4.72 Å². The minimum absolute atomic E-state index is 0.203. The van der Waals surface area contributed by atoms with E-state index in [-0.39, 0.29) is 16.1 Å². The second-order valence-electron chi connectivity index (χ2n) is 4.95. The summed E-state index contributed by atoms with van der Waals surface area (Å²) in [7, 11) is -1.83. The zero-order chi connectivity index (χ0) is 16.1. The summed E-state index contributed by atoms with van der Waals surface area (Å²) in [6, 6.07) is 2.04. The van der Waals surface area contributed by atoms with Gasteiger partial charge in [0.05, 0.1) is 9.82 Å². The Balaban J connectivity index is 0.00000172. The van der Waals surface area contributed by atoms with Crippen LogP contribution >= 0.6 is 0 Å². The van der Waals surface area contributed by atoms with E-state index in [1.165, 1.54) is 6.92 Å². The number of nitrogens with one attached hydrogen (secondary N) is 1. The third-order valence-corrected chi connectivity index (χ3v) is 3.56. The van der Waals surface area contributed by atoms with Crippen molar-refractivity contribution in [1.29, 1.82) is 0 Å². The smallest absolute Gasteiger partial charge is 0.258 e. The van der Waals surface area contributed by atoms with Crippen LogP contribution in [0.2, 0.25) is 0 Å². The molecular formula is C13H21FN2O3S. The average molecular weight is 304 g/mol. The molecule has 0 radical (unpaired) electrons. The van der Waals surface area contributed by atoms with Crippen molar-refractivity contribution in [2.45, 2.75) is 52.0 Å². The molecule has 0 aromatic heterocycles. The molecule has 0 heterocycles. The molecule has 1 N–H and O–H groups in total. The van der Waals surface area contributed by atoms with Crippen LogP contribution in [0.4, 0.5) is 10.1 Å². The van der Waals surface area contributed by atoms with Crippen LogP contribution in [0.5, 0.6) is 0 Å². The fourth-order valence-electron chi connectivity index (χ4n) is 1.31. The lowest BCUT2D eigenvalue weighted by Crippen LogP contribution is -2.37. The first kappa shape index (κ1) is 18.7. The Morgan fingerprint density at radius 2 is 1.80 bits per heavy atom. The Morgan fingerprint density at radius 3 is 2.20 bits per heavy atom. The van der Waals surface area contributed by atoms with Gasteiger partial charge in [-0.3, -0.25) is 10.1 Å². The van der Waals surface area contributed by atoms with Gasteiger partial charge in [-0.2, -0.15) is 0 Å². The maximum Gasteiger partial charge on any atom is 0.273 e. The van der Waals surface area contributed by atoms with Gasteiger partial charge in [0.1, 0.15) is 16.8 Å². The highest BCUT2D eigenvalue weighted by molar-refractivity contribution is 7.83. The molecule has 0 bridgehead atoms. The van der Waals surface area contributed by atoms with E-state index in [0.717, 1.165) is 12.1 Å². The van der Waals surface area contributed by atoms with Crippen molar-refractivity contribution in [3.63, 3.8) is 0 Å². The highest BCUT2D eigenvalue weighted by Crippen LogP contribution is 2.24. The quantitative estimate of drug-likeness (QED) is 0.686. The molecule has 1 aromatic carbocycles. The normalized spacial score (nSPS) is 12.3. The maximum absolute atomic E-state index is 13.7. The number of hydrogen-bond acceptors (Lipinski definition) is 3. The summed E-state index contributed by atoms with van der Waals surface area (Å²) in [4.78, 5) is 9.93. The summed E-state index contributed by atoms with van der Waals surface area (Å²) in [5.41, 5.74) is -0.527. The molecule has 0 spiro atoms. The minimum atomic E-state index is -1.83. The van der Waals surface area contributed by atoms with Gasteiger partial charge in [-0.1, -0.05) is 13.8 Å². The van der Waals surface area contributed by atoms with Crippen LogP contribution in [0, 0.1) is 22.9 Å². The van der Waals surface area contributed by atoms with Gasteiger partial charge in [-0.25, -0.2) is 13.3 Å². The van der Waals surface area contributed by atoms with Gasteiger partial charge in [-0.05, 0) is 33.8 Å². The van der Waals surface area contributed by atoms with Crippen LogP contribution in [0.25, 0.3) is 0 Å². The van der Waals surface area contributed by atoms with E-state index in [4.69, 9.17) is 0 Å². The molecule has 0 saturated heterocycles. The fourth-order valence-corrected chi connectivity index (χ4v) is 2.43. The zero-order valence-corrected chi connectivity index (χ0v) is 13.4. The highest BCUT2D eigenvalue weighted by Gasteiger charge is 2.22. The van der Waals surface area contributed by atoms with Crippen molar-refractivity contribution in [3.05, 3.63) is 33.6 Å². The van der Waals surface area contributed by atoms with Crippen LogP contribution in [-0.4, -0.2) is 14.7 Å². The lowest BCUT2D eigenvalue weighted by atomic mass is 10.1. The number of nitro groups is 1. The summed E-state index contributed by atoms with van der Waals surface area (Å²) in [5.74, 6) is -0.715. The van der Waals surface area contributed by atoms with Crippen molar-refractivity contribution in [3.8, 4) is 0 Å². The fraction of sp³-hybridized carbons (Fsp3) is 0.538. The van der Waals surface area contributed by atoms with Crippen LogP contribution in [0.3, 0.4) is 0 Å². The Bertz CT molecular complexity index is 513. The SMILES string of the molecule is CC.Cc1cc(F)c(S(=O)NC(C)(C)C)cc1[N+](=O)[O-]. The molecule has 0 amide bonds. The summed E-state index contributed by atoms with van der Waals surface area (Å²) >= 11 is 0. The standard InChI is InChI=1S/C11H15FN2O3S.C2H6/c1-7-5-8(12)10(6-9(7)14(15)16)18(17)13-11(2,3)4;1-2/h5-6,13H,1-4H3;1-2H3. The molecule has 1 atom stereocenters. The number of benzene rings is 1. The third kappa shape index (κ3) is 5.34. The first-order valence-corrected chi connectivity index (χ1v) is 7.41. The maximum atomic E-state index is 13.7. The summed E-state index contributed by atoms with van der Waals surface area (Å²) in [6.45, 7) is 10.7. The van der Waals surface area contributed by atoms with E-state index in [1.54, 1.807) is 20.8 Å². The number of rotatable bonds is 3. The molecule has 0 aliphatic carbocycles. The summed E-state index contributed by atoms with van der Waals surface area (Å²) < 4.78 is 28.2. The number of hydrogen-bond donors (Lipinski definition) is 1. The van der Waals surface area contributed by atoms with Crippen LogP contribution < -0.4 is 4.72 Å². The van der Waals surface area contributed by atoms with E-state index in [1.807, 2.05) is 13.8 Å². The number of halogens is 1. The summed E-state index contributed by atoms with van der Waals surface area (Å²) in [6.07, 6.45) is 0. The minimum Gasteiger partial charge on any atom is -0.258 e. The lowest BCUT2D eigenvalue weighted by molar-refractivity contribution is -0.385. The van der Waals surface area contributed by atoms with Crippen molar-refractivity contribution in [2.75, 3.05) is 0 Å². The van der Waals surface area contributed by atoms with Crippen molar-refractivity contribution < 1.29 is 13.5 Å². The van der Waals surface area contributed by atoms with Crippen molar-refractivity contribution in [1.82, 2.24) is 4.72 Å². The molecule has 1 aromatic rings. The Kier molecular flexibility index (Phi) is 6.95. The van der Waals surface area contributed by atoms with Gasteiger partial charge >= 0.3 is 0 Å². The molecule has 1 rings (SSSR count). The van der Waals surface area contributed by atoms with Crippen molar-refractivity contribution >= 4 is 16.7 Å². The zero-order valence-electron chi connectivity index (χ0n) is 12.6. The molecule has 114 valence electrons. The predicted molar refractivity (Wildman–Crippen MR) is 78.4 cm³/mol. The Hall–Kier alpha value is -1.34. The van der Waals surface area contributed by atoms with E-state index in [9.17, 15) is 18.7 Å². The molecule has 0 aliphatic heterocycles. The first-order chi connectivity index (χ1) is 9.11. The average Bonchev–Trinajstić information content (AvgIpc) is 2.28. The van der Waals surface area contributed by atoms with Gasteiger partial charge in [0.2, 0.25) is 0 Å². The molecular weight excluding hydrogens is 283 g/mol. The second-order valence-corrected chi connectivity index (χ2v) is 6.13. The topological polar surface area (TPSA) is 72.2 Å². The van der Waals surface area contributed by atoms with E-state index in [0.29, 0.717) is 0 Å². The number of nitrogens with zero attached hydrogens (tertiary/aromatic N) is 1. The van der Waals surface area contributed by atoms with E-state index < -0.39 is 27.3 Å². The molecule has 1 unspecified atom stereocenters. The Labute approximate surface area is 121 Å². The predicted octanol–water partition coefficient (Wildman–Crippen LogP) is 3.48. The molecule has 5 nitrogen and oxygen atoms in total. The lowest BCUT2D eigenvalue weighted by Gasteiger charge is -2.19. The second kappa shape index (κ2) is 7.44. The number of aryl methyl sites for hydroxylation is 1. The first-order valence-electron chi connectivity index (χ1n) is 6.26. The summed E-state index contributed by atoms with van der Waals surface area (Å²) in [5, 5.41) is 10.8. The molecule has 0 saturated carbocycles. The molecule has 0 fully saturated rings. The van der Waals surface area contributed by atoms with Gasteiger partial charge < -0.3 is 0 Å². The van der Waals surface area contributed by atoms with Gasteiger partial charge in [-0.15, -0.1) is 0 Å². The van der Waals surface area contributed by atoms with Crippen molar-refractivity contribution in [2.24, 2.45) is 0 Å². The highest BCUT2D eigenvalue weighted by atomic mass is 32.2. The third-order valence-electron chi connectivity index (χ3n) is 2.05. The van der Waals surface area contributed by atoms with Gasteiger partial charge in [0.25, 0.3) is 5.69 Å². The largest absolute Gasteiger partial charge is 0.273 e. The monoisotopic (exact) mass is 304 g/mol. The van der Waals surface area contributed by atoms with Crippen LogP contribution in [-0.2, 0) is 11.0 Å². The van der Waals surface area contributed by atoms with Gasteiger partial charge in [0, 0.05) is 17.2 Å². The molecule has 20 heavy (non-hydrogen) atoms. The molecule has 7 heteroatoms. The molecule has 0 aliphatic rings.